The van der Waals surface area contributed by atoms with Crippen LogP contribution in [0.5, 0.6) is 0 Å². The summed E-state index contributed by atoms with van der Waals surface area (Å²) >= 11 is 0. The maximum atomic E-state index is 5.32. The maximum absolute atomic E-state index is 5.32. The second-order valence-corrected chi connectivity index (χ2v) is 2.25. The molecule has 0 saturated heterocycles. The number of unbranched alkanes of at least 4 members (excludes halogenated alkanes) is 1. The van der Waals surface area contributed by atoms with Crippen molar-refractivity contribution >= 4 is 0 Å². The number of hydrogen-bond acceptors (Lipinski definition) is 2. The summed E-state index contributed by atoms with van der Waals surface area (Å²) in [6.45, 7) is 9.28. The molecule has 70 valence electrons. The highest BCUT2D eigenvalue weighted by Gasteiger charge is 1.83. The van der Waals surface area contributed by atoms with Gasteiger partial charge in [0.25, 0.3) is 0 Å². The van der Waals surface area contributed by atoms with Gasteiger partial charge >= 0.3 is 0 Å². The van der Waals surface area contributed by atoms with E-state index in [1.54, 1.807) is 0 Å². The average molecular weight is 160 g/mol. The molecular formula is C9H24N2. The van der Waals surface area contributed by atoms with Crippen LogP contribution >= 0.6 is 0 Å². The minimum atomic E-state index is 0.827. The second kappa shape index (κ2) is 16.5. The zero-order valence-corrected chi connectivity index (χ0v) is 8.32. The third-order valence-corrected chi connectivity index (χ3v) is 1.23. The van der Waals surface area contributed by atoms with Crippen molar-refractivity contribution < 1.29 is 0 Å². The first kappa shape index (κ1) is 13.5. The van der Waals surface area contributed by atoms with Crippen molar-refractivity contribution in [2.75, 3.05) is 19.6 Å². The van der Waals surface area contributed by atoms with E-state index in [0.29, 0.717) is 0 Å². The molecule has 0 fully saturated rings. The van der Waals surface area contributed by atoms with Crippen molar-refractivity contribution in [2.24, 2.45) is 5.73 Å². The molecule has 0 rings (SSSR count). The Morgan fingerprint density at radius 1 is 1.09 bits per heavy atom. The van der Waals surface area contributed by atoms with Crippen molar-refractivity contribution in [1.82, 2.24) is 5.32 Å². The van der Waals surface area contributed by atoms with Crippen molar-refractivity contribution in [3.8, 4) is 0 Å². The summed E-state index contributed by atoms with van der Waals surface area (Å²) in [4.78, 5) is 0. The largest absolute Gasteiger partial charge is 0.330 e. The topological polar surface area (TPSA) is 38.0 Å². The lowest BCUT2D eigenvalue weighted by molar-refractivity contribution is 0.621. The Hall–Kier alpha value is -0.0800. The van der Waals surface area contributed by atoms with Crippen molar-refractivity contribution in [3.05, 3.63) is 0 Å². The van der Waals surface area contributed by atoms with E-state index in [1.165, 1.54) is 12.8 Å². The number of rotatable bonds is 6. The summed E-state index contributed by atoms with van der Waals surface area (Å²) in [5.41, 5.74) is 5.32. The minimum absolute atomic E-state index is 0.827. The number of hydrogen-bond donors (Lipinski definition) is 2. The molecule has 3 N–H and O–H groups in total. The van der Waals surface area contributed by atoms with Gasteiger partial charge in [-0.15, -0.1) is 0 Å². The van der Waals surface area contributed by atoms with Crippen LogP contribution in [0.4, 0.5) is 0 Å². The van der Waals surface area contributed by atoms with Gasteiger partial charge in [0.05, 0.1) is 0 Å². The van der Waals surface area contributed by atoms with Crippen LogP contribution < -0.4 is 11.1 Å². The normalized spacial score (nSPS) is 8.73. The molecular weight excluding hydrogens is 136 g/mol. The van der Waals surface area contributed by atoms with Gasteiger partial charge in [0, 0.05) is 0 Å². The fourth-order valence-electron chi connectivity index (χ4n) is 0.696. The Morgan fingerprint density at radius 3 is 2.18 bits per heavy atom. The lowest BCUT2D eigenvalue weighted by Gasteiger charge is -1.99. The predicted octanol–water partition coefficient (Wildman–Crippen LogP) is 1.75. The van der Waals surface area contributed by atoms with Crippen molar-refractivity contribution in [2.45, 2.75) is 40.0 Å². The first-order valence-corrected chi connectivity index (χ1v) is 4.82. The molecule has 0 aliphatic heterocycles. The van der Waals surface area contributed by atoms with Crippen LogP contribution in [-0.2, 0) is 0 Å². The van der Waals surface area contributed by atoms with E-state index in [0.717, 1.165) is 26.1 Å². The van der Waals surface area contributed by atoms with Gasteiger partial charge in [-0.1, -0.05) is 20.8 Å². The average Bonchev–Trinajstić information content (AvgIpc) is 2.08. The van der Waals surface area contributed by atoms with Crippen LogP contribution in [0.2, 0.25) is 0 Å². The Bertz CT molecular complexity index is 40.8. The predicted molar refractivity (Wildman–Crippen MR) is 52.8 cm³/mol. The molecule has 0 aromatic rings. The van der Waals surface area contributed by atoms with Crippen LogP contribution in [0, 0.1) is 0 Å². The molecule has 0 spiro atoms. The summed E-state index contributed by atoms with van der Waals surface area (Å²) in [7, 11) is 0. The fraction of sp³-hybridized carbons (Fsp3) is 1.00. The molecule has 0 saturated carbocycles. The summed E-state index contributed by atoms with van der Waals surface area (Å²) in [5.74, 6) is 0. The van der Waals surface area contributed by atoms with Gasteiger partial charge < -0.3 is 11.1 Å². The molecule has 0 heterocycles. The van der Waals surface area contributed by atoms with Gasteiger partial charge in [-0.05, 0) is 38.9 Å². The van der Waals surface area contributed by atoms with Gasteiger partial charge in [-0.3, -0.25) is 0 Å². The second-order valence-electron chi connectivity index (χ2n) is 2.25. The molecule has 0 aliphatic carbocycles. The van der Waals surface area contributed by atoms with Gasteiger partial charge in [0.1, 0.15) is 0 Å². The Labute approximate surface area is 71.6 Å². The number of nitrogens with two attached hydrogens (primary N) is 1. The molecule has 0 amide bonds. The van der Waals surface area contributed by atoms with Crippen molar-refractivity contribution in [1.29, 1.82) is 0 Å². The molecule has 2 nitrogen and oxygen atoms in total. The van der Waals surface area contributed by atoms with Crippen LogP contribution in [0.15, 0.2) is 0 Å². The molecule has 0 aliphatic rings. The third-order valence-electron chi connectivity index (χ3n) is 1.23. The summed E-state index contributed by atoms with van der Waals surface area (Å²) in [6.07, 6.45) is 3.59. The van der Waals surface area contributed by atoms with Gasteiger partial charge in [-0.2, -0.15) is 0 Å². The van der Waals surface area contributed by atoms with Crippen LogP contribution in [-0.4, -0.2) is 19.6 Å². The van der Waals surface area contributed by atoms with E-state index in [4.69, 9.17) is 5.73 Å². The highest BCUT2D eigenvalue weighted by molar-refractivity contribution is 4.46. The van der Waals surface area contributed by atoms with E-state index >= 15 is 0 Å². The highest BCUT2D eigenvalue weighted by Crippen LogP contribution is 1.81. The SMILES string of the molecule is CC.CCCNCCCCN. The molecule has 0 radical (unpaired) electrons. The first-order valence-electron chi connectivity index (χ1n) is 4.82. The van der Waals surface area contributed by atoms with Crippen LogP contribution in [0.3, 0.4) is 0 Å². The Morgan fingerprint density at radius 2 is 1.73 bits per heavy atom. The van der Waals surface area contributed by atoms with Crippen LogP contribution in [0.1, 0.15) is 40.0 Å². The first-order chi connectivity index (χ1) is 5.41. The third kappa shape index (κ3) is 17.8. The lowest BCUT2D eigenvalue weighted by atomic mass is 10.3. The standard InChI is InChI=1S/C7H18N2.C2H6/c1-2-6-9-7-4-3-5-8;1-2/h9H,2-8H2,1H3;1-2H3. The fourth-order valence-corrected chi connectivity index (χ4v) is 0.696. The summed E-state index contributed by atoms with van der Waals surface area (Å²) in [5, 5.41) is 3.31. The molecule has 0 aromatic heterocycles. The minimum Gasteiger partial charge on any atom is -0.330 e. The highest BCUT2D eigenvalue weighted by atomic mass is 14.8. The van der Waals surface area contributed by atoms with E-state index in [9.17, 15) is 0 Å². The van der Waals surface area contributed by atoms with E-state index in [-0.39, 0.29) is 0 Å². The van der Waals surface area contributed by atoms with Gasteiger partial charge in [0.15, 0.2) is 0 Å². The zero-order chi connectivity index (χ0) is 8.95. The maximum Gasteiger partial charge on any atom is -0.00485 e. The zero-order valence-electron chi connectivity index (χ0n) is 8.32. The smallest absolute Gasteiger partial charge is 0.00485 e. The van der Waals surface area contributed by atoms with Gasteiger partial charge in [-0.25, -0.2) is 0 Å². The van der Waals surface area contributed by atoms with Crippen LogP contribution in [0.25, 0.3) is 0 Å². The van der Waals surface area contributed by atoms with E-state index < -0.39 is 0 Å². The lowest BCUT2D eigenvalue weighted by Crippen LogP contribution is -2.16. The Kier molecular flexibility index (Phi) is 20.2. The quantitative estimate of drug-likeness (QED) is 0.581. The molecule has 0 unspecified atom stereocenters. The summed E-state index contributed by atoms with van der Waals surface area (Å²) < 4.78 is 0. The van der Waals surface area contributed by atoms with E-state index in [1.807, 2.05) is 13.8 Å². The van der Waals surface area contributed by atoms with E-state index in [2.05, 4.69) is 12.2 Å². The molecule has 0 bridgehead atoms. The monoisotopic (exact) mass is 160 g/mol. The Balaban J connectivity index is 0. The molecule has 0 aromatic carbocycles. The van der Waals surface area contributed by atoms with Gasteiger partial charge in [0.2, 0.25) is 0 Å². The molecule has 0 atom stereocenters. The molecule has 2 heteroatoms. The number of nitrogens with one attached hydrogen (secondary N) is 1. The summed E-state index contributed by atoms with van der Waals surface area (Å²) in [6, 6.07) is 0. The van der Waals surface area contributed by atoms with Crippen molar-refractivity contribution in [3.63, 3.8) is 0 Å². The molecule has 11 heavy (non-hydrogen) atoms.